The number of hydrogen-bond donors (Lipinski definition) is 0. The van der Waals surface area contributed by atoms with E-state index in [2.05, 4.69) is 326 Å². The van der Waals surface area contributed by atoms with E-state index < -0.39 is 113 Å². The molecule has 4 aromatic rings. The molecule has 0 aliphatic rings. The highest BCUT2D eigenvalue weighted by molar-refractivity contribution is 7.21. The molecule has 0 spiro atoms. The number of rotatable bonds is 22. The van der Waals surface area contributed by atoms with Crippen molar-refractivity contribution in [1.82, 2.24) is 0 Å². The van der Waals surface area contributed by atoms with Gasteiger partial charge in [-0.1, -0.05) is 295 Å². The summed E-state index contributed by atoms with van der Waals surface area (Å²) in [6.07, 6.45) is 0. The van der Waals surface area contributed by atoms with Crippen LogP contribution in [-0.2, 0) is 0 Å². The zero-order valence-electron chi connectivity index (χ0n) is 65.1. The summed E-state index contributed by atoms with van der Waals surface area (Å²) in [5.74, 6) is 0. The number of aryl methyl sites for hydroxylation is 6. The third-order valence-corrected chi connectivity index (χ3v) is 84.9. The molecule has 0 aromatic heterocycles. The van der Waals surface area contributed by atoms with Crippen LogP contribution in [0.15, 0.2) is 48.5 Å². The Kier molecular flexibility index (Phi) is 23.6. The molecular formula is C72H140Si14. The predicted octanol–water partition coefficient (Wildman–Crippen LogP) is 21.6. The molecule has 86 heavy (non-hydrogen) atoms. The van der Waals surface area contributed by atoms with Gasteiger partial charge in [0.2, 0.25) is 0 Å². The summed E-state index contributed by atoms with van der Waals surface area (Å²) in [7, 11) is -26.1. The van der Waals surface area contributed by atoms with E-state index in [1.807, 2.05) is 32.6 Å². The summed E-state index contributed by atoms with van der Waals surface area (Å²) in [4.78, 5) is 0. The Labute approximate surface area is 552 Å². The van der Waals surface area contributed by atoms with E-state index in [4.69, 9.17) is 0 Å². The summed E-state index contributed by atoms with van der Waals surface area (Å²) in [6.45, 7) is 116. The molecule has 0 saturated carbocycles. The second-order valence-corrected chi connectivity index (χ2v) is 115. The average Bonchev–Trinajstić information content (AvgIpc) is 0.715. The lowest BCUT2D eigenvalue weighted by atomic mass is 10.1. The van der Waals surface area contributed by atoms with Crippen molar-refractivity contribution in [2.75, 3.05) is 0 Å². The van der Waals surface area contributed by atoms with Gasteiger partial charge in [0.1, 0.15) is 0 Å². The van der Waals surface area contributed by atoms with Crippen LogP contribution in [0.5, 0.6) is 0 Å². The molecule has 4 rings (SSSR count). The molecule has 4 aromatic carbocycles. The minimum atomic E-state index is -1.95. The van der Waals surface area contributed by atoms with Crippen LogP contribution in [0.2, 0.25) is 236 Å². The minimum Gasteiger partial charge on any atom is -0.0693 e. The first-order valence-corrected chi connectivity index (χ1v) is 81.0. The minimum absolute atomic E-state index is 0.607. The smallest absolute Gasteiger partial charge is 0.0693 e. The number of hydrogen-bond acceptors (Lipinski definition) is 0. The van der Waals surface area contributed by atoms with Gasteiger partial charge in [-0.05, 0) is 149 Å². The first kappa shape index (κ1) is 78.4. The van der Waals surface area contributed by atoms with Crippen LogP contribution >= 0.6 is 0 Å². The monoisotopic (exact) mass is 1400 g/mol. The van der Waals surface area contributed by atoms with E-state index in [0.29, 0.717) is 31.0 Å². The van der Waals surface area contributed by atoms with Crippen LogP contribution in [0.1, 0.15) is 97.7 Å². The van der Waals surface area contributed by atoms with Crippen molar-refractivity contribution in [2.45, 2.75) is 308 Å². The van der Waals surface area contributed by atoms with Crippen molar-refractivity contribution in [2.24, 2.45) is 0 Å². The van der Waals surface area contributed by atoms with Crippen LogP contribution in [0.25, 0.3) is 0 Å². The maximum Gasteiger partial charge on any atom is 0.0700 e. The highest BCUT2D eigenvalue weighted by atomic mass is 28.9. The van der Waals surface area contributed by atoms with Crippen LogP contribution in [0.4, 0.5) is 0 Å². The van der Waals surface area contributed by atoms with Crippen molar-refractivity contribution in [1.29, 1.82) is 0 Å². The molecule has 0 bridgehead atoms. The van der Waals surface area contributed by atoms with Gasteiger partial charge in [-0.3, -0.25) is 0 Å². The Hall–Kier alpha value is -0.0836. The van der Waals surface area contributed by atoms with Gasteiger partial charge in [0.05, 0.1) is 15.8 Å². The Morgan fingerprint density at radius 1 is 0.198 bits per heavy atom. The Morgan fingerprint density at radius 3 is 0.465 bits per heavy atom. The highest BCUT2D eigenvalue weighted by Gasteiger charge is 2.51. The second kappa shape index (κ2) is 25.9. The molecule has 0 nitrogen and oxygen atoms in total. The van der Waals surface area contributed by atoms with E-state index in [1.54, 1.807) is 43.8 Å². The lowest BCUT2D eigenvalue weighted by Gasteiger charge is -2.47. The molecule has 0 unspecified atom stereocenters. The van der Waals surface area contributed by atoms with Gasteiger partial charge in [-0.25, -0.2) is 0 Å². The normalized spacial score (nSPS) is 15.0. The molecular weight excluding hydrogens is 1260 g/mol. The summed E-state index contributed by atoms with van der Waals surface area (Å²) in [5.41, 5.74) is 20.3. The van der Waals surface area contributed by atoms with Crippen molar-refractivity contribution in [3.63, 3.8) is 0 Å². The zero-order valence-corrected chi connectivity index (χ0v) is 79.1. The SMILES string of the molecule is Cc1cc(C)c(/[Si](c2c(C([Si](C)(C)C)[Si](C)(C)C)cc(C([Si](C)(C)C)[Si](C)(C)C)cc2C([Si](C)(C)C)[Si](C)(C)C)=[Si](/c2c(C)cc(C)cc2C)c2c(C([Si](C)(C)C)[Si](C)(C)C)cc(C([Si](C)(C)C)[Si](C)(C)C)cc2C([Si](C)(C)C)[Si](C)(C)C)c(C)c1. The largest absolute Gasteiger partial charge is 0.0700 e. The molecule has 0 amide bonds. The van der Waals surface area contributed by atoms with E-state index in [-0.39, 0.29) is 0 Å². The maximum atomic E-state index is 3.11. The Balaban J connectivity index is 3.15. The van der Waals surface area contributed by atoms with Crippen molar-refractivity contribution < 1.29 is 0 Å². The van der Waals surface area contributed by atoms with Crippen molar-refractivity contribution >= 4 is 133 Å². The van der Waals surface area contributed by atoms with E-state index in [9.17, 15) is 0 Å². The standard InChI is InChI=1S/C72H140Si14/c1-51-43-53(3)63(54(4)44-51)73(65-59(69(79(19,20)21)80(22,23)24)47-57(67(75(7,8)9)76(10,11)12)48-60(65)70(81(25,26)27)82(28,29)30)74(64-55(5)45-52(2)46-56(64)6)66-61(71(83(31,32)33)84(34,35)36)49-58(68(77(13,14)15)78(16,17)18)50-62(66)72(85(37,38)39)86(40,41)42/h43-50,67-72H,1-42H3/b74-73+. The third kappa shape index (κ3) is 17.8. The lowest BCUT2D eigenvalue weighted by molar-refractivity contribution is 1.09. The lowest BCUT2D eigenvalue weighted by Crippen LogP contribution is -2.62. The van der Waals surface area contributed by atoms with Gasteiger partial charge in [0.25, 0.3) is 0 Å². The van der Waals surface area contributed by atoms with Crippen molar-refractivity contribution in [3.8, 4) is 0 Å². The van der Waals surface area contributed by atoms with Crippen LogP contribution < -0.4 is 20.7 Å². The Morgan fingerprint density at radius 2 is 0.337 bits per heavy atom. The van der Waals surface area contributed by atoms with Crippen molar-refractivity contribution in [3.05, 3.63) is 115 Å². The molecule has 0 aliphatic heterocycles. The summed E-state index contributed by atoms with van der Waals surface area (Å²) < 4.78 is 0. The molecule has 0 radical (unpaired) electrons. The third-order valence-electron chi connectivity index (χ3n) is 19.4. The summed E-state index contributed by atoms with van der Waals surface area (Å²) >= 11 is 0. The Bertz CT molecular complexity index is 2680. The van der Waals surface area contributed by atoms with E-state index in [1.165, 1.54) is 11.1 Å². The van der Waals surface area contributed by atoms with Gasteiger partial charge in [0.15, 0.2) is 0 Å². The summed E-state index contributed by atoms with van der Waals surface area (Å²) in [6, 6.07) is 23.2. The molecule has 0 fully saturated rings. The van der Waals surface area contributed by atoms with Crippen LogP contribution in [0.3, 0.4) is 0 Å². The van der Waals surface area contributed by atoms with Crippen LogP contribution in [-0.4, -0.2) is 113 Å². The molecule has 0 N–H and O–H groups in total. The summed E-state index contributed by atoms with van der Waals surface area (Å²) in [5, 5.41) is 11.3. The molecule has 0 heterocycles. The van der Waals surface area contributed by atoms with Gasteiger partial charge < -0.3 is 0 Å². The highest BCUT2D eigenvalue weighted by Crippen LogP contribution is 2.47. The second-order valence-electron chi connectivity index (χ2n) is 41.4. The topological polar surface area (TPSA) is 0 Å². The van der Waals surface area contributed by atoms with Gasteiger partial charge in [-0.2, -0.15) is 0 Å². The van der Waals surface area contributed by atoms with Gasteiger partial charge in [0, 0.05) is 96.9 Å². The van der Waals surface area contributed by atoms with Gasteiger partial charge >= 0.3 is 0 Å². The average molecular weight is 1400 g/mol. The van der Waals surface area contributed by atoms with Crippen LogP contribution in [0, 0.1) is 41.5 Å². The van der Waals surface area contributed by atoms with E-state index >= 15 is 0 Å². The fourth-order valence-electron chi connectivity index (χ4n) is 20.7. The molecule has 0 atom stereocenters. The number of benzene rings is 4. The fourth-order valence-corrected chi connectivity index (χ4v) is 111. The zero-order chi connectivity index (χ0) is 67.5. The molecule has 14 heteroatoms. The maximum absolute atomic E-state index is 3.11. The first-order chi connectivity index (χ1) is 37.8. The quantitative estimate of drug-likeness (QED) is 0.0688. The fraction of sp³-hybridized carbons (Fsp3) is 0.667. The molecule has 0 saturated heterocycles. The van der Waals surface area contributed by atoms with E-state index in [0.717, 1.165) is 0 Å². The molecule has 0 aliphatic carbocycles. The predicted molar refractivity (Wildman–Crippen MR) is 441 cm³/mol. The first-order valence-electron chi connectivity index (χ1n) is 34.1. The van der Waals surface area contributed by atoms with Gasteiger partial charge in [-0.15, -0.1) is 0 Å². The molecule has 484 valence electrons.